The van der Waals surface area contributed by atoms with Crippen molar-refractivity contribution in [3.63, 3.8) is 0 Å². The topological polar surface area (TPSA) is 29.1 Å². The Bertz CT molecular complexity index is 445. The summed E-state index contributed by atoms with van der Waals surface area (Å²) in [6.45, 7) is 4.21. The SMILES string of the molecule is CC1(C)CC1C(=O)Nc1ccc(I)cc1Cl. The first-order valence-electron chi connectivity index (χ1n) is 5.16. The third-order valence-corrected chi connectivity index (χ3v) is 4.00. The van der Waals surface area contributed by atoms with Crippen molar-refractivity contribution in [2.75, 3.05) is 5.32 Å². The van der Waals surface area contributed by atoms with Crippen molar-refractivity contribution in [2.24, 2.45) is 11.3 Å². The lowest BCUT2D eigenvalue weighted by molar-refractivity contribution is -0.117. The second-order valence-corrected chi connectivity index (χ2v) is 6.51. The van der Waals surface area contributed by atoms with Crippen LogP contribution in [0.4, 0.5) is 5.69 Å². The van der Waals surface area contributed by atoms with Crippen LogP contribution >= 0.6 is 34.2 Å². The second-order valence-electron chi connectivity index (χ2n) is 4.86. The average Bonchev–Trinajstić information content (AvgIpc) is 2.80. The molecule has 86 valence electrons. The number of carbonyl (C=O) groups is 1. The van der Waals surface area contributed by atoms with Crippen molar-refractivity contribution in [3.8, 4) is 0 Å². The number of benzene rings is 1. The van der Waals surface area contributed by atoms with Gasteiger partial charge in [0.15, 0.2) is 0 Å². The van der Waals surface area contributed by atoms with E-state index in [2.05, 4.69) is 41.8 Å². The van der Waals surface area contributed by atoms with Crippen LogP contribution in [0.5, 0.6) is 0 Å². The normalized spacial score (nSPS) is 21.6. The van der Waals surface area contributed by atoms with Crippen LogP contribution in [-0.4, -0.2) is 5.91 Å². The standard InChI is InChI=1S/C12H13ClINO/c1-12(2)6-8(12)11(16)15-10-4-3-7(14)5-9(10)13/h3-5,8H,6H2,1-2H3,(H,15,16). The molecule has 0 spiro atoms. The Morgan fingerprint density at radius 1 is 1.56 bits per heavy atom. The van der Waals surface area contributed by atoms with E-state index in [1.807, 2.05) is 18.2 Å². The Morgan fingerprint density at radius 3 is 2.69 bits per heavy atom. The molecule has 1 atom stereocenters. The van der Waals surface area contributed by atoms with Crippen molar-refractivity contribution in [1.82, 2.24) is 0 Å². The molecule has 4 heteroatoms. The van der Waals surface area contributed by atoms with Crippen LogP contribution in [0.3, 0.4) is 0 Å². The van der Waals surface area contributed by atoms with Gasteiger partial charge >= 0.3 is 0 Å². The number of anilines is 1. The van der Waals surface area contributed by atoms with E-state index in [0.29, 0.717) is 10.7 Å². The van der Waals surface area contributed by atoms with Gasteiger partial charge in [-0.15, -0.1) is 0 Å². The molecule has 1 saturated carbocycles. The van der Waals surface area contributed by atoms with Gasteiger partial charge in [0, 0.05) is 9.49 Å². The molecule has 1 unspecified atom stereocenters. The third kappa shape index (κ3) is 2.51. The summed E-state index contributed by atoms with van der Waals surface area (Å²) in [5.74, 6) is 0.205. The van der Waals surface area contributed by atoms with Gasteiger partial charge in [0.05, 0.1) is 10.7 Å². The van der Waals surface area contributed by atoms with Gasteiger partial charge < -0.3 is 5.32 Å². The molecule has 2 rings (SSSR count). The lowest BCUT2D eigenvalue weighted by atomic mass is 10.1. The molecule has 16 heavy (non-hydrogen) atoms. The lowest BCUT2D eigenvalue weighted by Crippen LogP contribution is -2.16. The Labute approximate surface area is 114 Å². The molecule has 0 radical (unpaired) electrons. The summed E-state index contributed by atoms with van der Waals surface area (Å²) in [5, 5.41) is 3.48. The molecule has 0 saturated heterocycles. The fraction of sp³-hybridized carbons (Fsp3) is 0.417. The number of rotatable bonds is 2. The van der Waals surface area contributed by atoms with E-state index in [0.717, 1.165) is 9.99 Å². The molecular weight excluding hydrogens is 336 g/mol. The number of hydrogen-bond acceptors (Lipinski definition) is 1. The monoisotopic (exact) mass is 349 g/mol. The van der Waals surface area contributed by atoms with Gasteiger partial charge in [-0.3, -0.25) is 4.79 Å². The van der Waals surface area contributed by atoms with Crippen LogP contribution in [0.1, 0.15) is 20.3 Å². The molecule has 0 heterocycles. The summed E-state index contributed by atoms with van der Waals surface area (Å²) < 4.78 is 1.06. The summed E-state index contributed by atoms with van der Waals surface area (Å²) in [6, 6.07) is 5.62. The average molecular weight is 350 g/mol. The van der Waals surface area contributed by atoms with E-state index in [1.54, 1.807) is 0 Å². The Balaban J connectivity index is 2.07. The minimum Gasteiger partial charge on any atom is -0.325 e. The van der Waals surface area contributed by atoms with E-state index in [1.165, 1.54) is 0 Å². The molecule has 1 fully saturated rings. The Kier molecular flexibility index (Phi) is 3.18. The van der Waals surface area contributed by atoms with Crippen LogP contribution in [0.15, 0.2) is 18.2 Å². The third-order valence-electron chi connectivity index (χ3n) is 3.02. The fourth-order valence-corrected chi connectivity index (χ4v) is 2.63. The van der Waals surface area contributed by atoms with Gasteiger partial charge in [-0.05, 0) is 52.6 Å². The summed E-state index contributed by atoms with van der Waals surface area (Å²) in [7, 11) is 0. The zero-order valence-electron chi connectivity index (χ0n) is 9.18. The predicted molar refractivity (Wildman–Crippen MR) is 74.7 cm³/mol. The molecule has 1 N–H and O–H groups in total. The number of halogens is 2. The molecule has 0 aromatic heterocycles. The quantitative estimate of drug-likeness (QED) is 0.805. The van der Waals surface area contributed by atoms with Crippen molar-refractivity contribution in [3.05, 3.63) is 26.8 Å². The second kappa shape index (κ2) is 4.18. The number of amides is 1. The fourth-order valence-electron chi connectivity index (χ4n) is 1.73. The molecule has 1 aromatic carbocycles. The summed E-state index contributed by atoms with van der Waals surface area (Å²) in [4.78, 5) is 11.9. The lowest BCUT2D eigenvalue weighted by Gasteiger charge is -2.08. The minimum absolute atomic E-state index is 0.0770. The first-order valence-corrected chi connectivity index (χ1v) is 6.62. The number of carbonyl (C=O) groups excluding carboxylic acids is 1. The summed E-state index contributed by atoms with van der Waals surface area (Å²) >= 11 is 8.24. The number of hydrogen-bond donors (Lipinski definition) is 1. The first kappa shape index (κ1) is 12.2. The van der Waals surface area contributed by atoms with Crippen molar-refractivity contribution in [2.45, 2.75) is 20.3 Å². The van der Waals surface area contributed by atoms with Gasteiger partial charge in [-0.2, -0.15) is 0 Å². The van der Waals surface area contributed by atoms with E-state index in [-0.39, 0.29) is 17.2 Å². The van der Waals surface area contributed by atoms with E-state index in [9.17, 15) is 4.79 Å². The summed E-state index contributed by atoms with van der Waals surface area (Å²) in [6.07, 6.45) is 0.959. The first-order chi connectivity index (χ1) is 7.40. The molecule has 1 aliphatic rings. The molecule has 2 nitrogen and oxygen atoms in total. The molecule has 1 aromatic rings. The number of nitrogens with one attached hydrogen (secondary N) is 1. The van der Waals surface area contributed by atoms with Gasteiger partial charge in [0.1, 0.15) is 0 Å². The van der Waals surface area contributed by atoms with Crippen LogP contribution in [0.2, 0.25) is 5.02 Å². The van der Waals surface area contributed by atoms with E-state index >= 15 is 0 Å². The van der Waals surface area contributed by atoms with Crippen LogP contribution < -0.4 is 5.32 Å². The predicted octanol–water partition coefficient (Wildman–Crippen LogP) is 3.93. The van der Waals surface area contributed by atoms with Gasteiger partial charge in [0.2, 0.25) is 5.91 Å². The zero-order valence-corrected chi connectivity index (χ0v) is 12.1. The highest BCUT2D eigenvalue weighted by Crippen LogP contribution is 2.52. The minimum atomic E-state index is 0.0770. The van der Waals surface area contributed by atoms with Gasteiger partial charge in [-0.25, -0.2) is 0 Å². The Hall–Kier alpha value is -0.290. The highest BCUT2D eigenvalue weighted by atomic mass is 127. The molecule has 1 aliphatic carbocycles. The smallest absolute Gasteiger partial charge is 0.228 e. The van der Waals surface area contributed by atoms with Crippen molar-refractivity contribution >= 4 is 45.8 Å². The highest BCUT2D eigenvalue weighted by Gasteiger charge is 2.50. The molecular formula is C12H13ClINO. The Morgan fingerprint density at radius 2 is 2.19 bits per heavy atom. The van der Waals surface area contributed by atoms with Gasteiger partial charge in [0.25, 0.3) is 0 Å². The van der Waals surface area contributed by atoms with Crippen molar-refractivity contribution in [1.29, 1.82) is 0 Å². The van der Waals surface area contributed by atoms with Crippen LogP contribution in [0.25, 0.3) is 0 Å². The van der Waals surface area contributed by atoms with E-state index in [4.69, 9.17) is 11.6 Å². The zero-order chi connectivity index (χ0) is 11.9. The van der Waals surface area contributed by atoms with E-state index < -0.39 is 0 Å². The maximum Gasteiger partial charge on any atom is 0.228 e. The highest BCUT2D eigenvalue weighted by molar-refractivity contribution is 14.1. The van der Waals surface area contributed by atoms with Crippen LogP contribution in [0, 0.1) is 14.9 Å². The maximum atomic E-state index is 11.9. The molecule has 0 aliphatic heterocycles. The largest absolute Gasteiger partial charge is 0.325 e. The molecule has 0 bridgehead atoms. The summed E-state index contributed by atoms with van der Waals surface area (Å²) in [5.41, 5.74) is 0.856. The van der Waals surface area contributed by atoms with Crippen LogP contribution in [-0.2, 0) is 4.79 Å². The van der Waals surface area contributed by atoms with Gasteiger partial charge in [-0.1, -0.05) is 25.4 Å². The molecule has 1 amide bonds. The maximum absolute atomic E-state index is 11.9. The van der Waals surface area contributed by atoms with Crippen molar-refractivity contribution < 1.29 is 4.79 Å².